The first-order chi connectivity index (χ1) is 7.06. The van der Waals surface area contributed by atoms with E-state index in [4.69, 9.17) is 10.2 Å². The van der Waals surface area contributed by atoms with E-state index in [1.807, 2.05) is 0 Å². The summed E-state index contributed by atoms with van der Waals surface area (Å²) in [5, 5.41) is 15.8. The maximum Gasteiger partial charge on any atom is 0.328 e. The van der Waals surface area contributed by atoms with E-state index in [0.29, 0.717) is 5.82 Å². The molecule has 0 radical (unpaired) electrons. The molecule has 0 spiro atoms. The highest BCUT2D eigenvalue weighted by molar-refractivity contribution is 5.84. The fraction of sp³-hybridized carbons (Fsp3) is 0. The van der Waals surface area contributed by atoms with Crippen LogP contribution in [-0.2, 0) is 9.59 Å². The zero-order valence-corrected chi connectivity index (χ0v) is 7.75. The smallest absolute Gasteiger partial charge is 0.328 e. The average Bonchev–Trinajstić information content (AvgIpc) is 2.68. The molecule has 0 unspecified atom stereocenters. The number of nitrogens with zero attached hydrogens (tertiary/aromatic N) is 1. The van der Waals surface area contributed by atoms with Crippen LogP contribution in [0.25, 0.3) is 6.08 Å². The van der Waals surface area contributed by atoms with Crippen molar-refractivity contribution in [2.75, 3.05) is 0 Å². The van der Waals surface area contributed by atoms with Crippen LogP contribution in [-0.4, -0.2) is 32.1 Å². The topological polar surface area (TPSA) is 103 Å². The zero-order chi connectivity index (χ0) is 11.7. The third kappa shape index (κ3) is 7.97. The Morgan fingerprint density at radius 2 is 2.00 bits per heavy atom. The van der Waals surface area contributed by atoms with Gasteiger partial charge in [-0.25, -0.2) is 14.6 Å². The van der Waals surface area contributed by atoms with Crippen LogP contribution < -0.4 is 0 Å². The molecule has 1 aromatic heterocycles. The van der Waals surface area contributed by atoms with Crippen molar-refractivity contribution in [3.8, 4) is 0 Å². The van der Waals surface area contributed by atoms with Gasteiger partial charge in [-0.1, -0.05) is 6.58 Å². The van der Waals surface area contributed by atoms with E-state index in [0.717, 1.165) is 12.2 Å². The largest absolute Gasteiger partial charge is 0.478 e. The molecule has 0 amide bonds. The van der Waals surface area contributed by atoms with Gasteiger partial charge in [-0.2, -0.15) is 0 Å². The summed E-state index contributed by atoms with van der Waals surface area (Å²) in [5.41, 5.74) is 0. The highest BCUT2D eigenvalue weighted by Crippen LogP contribution is 1.90. The van der Waals surface area contributed by atoms with E-state index in [9.17, 15) is 9.59 Å². The molecule has 0 bridgehead atoms. The van der Waals surface area contributed by atoms with Gasteiger partial charge in [0.15, 0.2) is 0 Å². The third-order valence-corrected chi connectivity index (χ3v) is 1.08. The number of aromatic amines is 1. The SMILES string of the molecule is C=CC(=O)O.O=C(O)C=Cc1ncc[nH]1. The van der Waals surface area contributed by atoms with Crippen LogP contribution in [0.5, 0.6) is 0 Å². The number of carboxylic acids is 2. The molecule has 0 saturated carbocycles. The lowest BCUT2D eigenvalue weighted by atomic mass is 10.5. The van der Waals surface area contributed by atoms with Gasteiger partial charge in [-0.3, -0.25) is 0 Å². The van der Waals surface area contributed by atoms with Crippen LogP contribution in [0.4, 0.5) is 0 Å². The second kappa shape index (κ2) is 7.07. The van der Waals surface area contributed by atoms with Crippen LogP contribution in [0.1, 0.15) is 5.82 Å². The summed E-state index contributed by atoms with van der Waals surface area (Å²) in [5.74, 6) is -1.41. The number of carbonyl (C=O) groups is 2. The summed E-state index contributed by atoms with van der Waals surface area (Å²) >= 11 is 0. The van der Waals surface area contributed by atoms with E-state index >= 15 is 0 Å². The van der Waals surface area contributed by atoms with Crippen LogP contribution >= 0.6 is 0 Å². The molecule has 6 nitrogen and oxygen atoms in total. The summed E-state index contributed by atoms with van der Waals surface area (Å²) in [4.78, 5) is 25.7. The first-order valence-electron chi connectivity index (χ1n) is 3.82. The molecule has 0 atom stereocenters. The Labute approximate surface area is 85.6 Å². The Kier molecular flexibility index (Phi) is 5.96. The lowest BCUT2D eigenvalue weighted by Crippen LogP contribution is -1.85. The standard InChI is InChI=1S/C6H6N2O2.C3H4O2/c9-6(10)2-1-5-7-3-4-8-5;1-2-3(4)5/h1-4H,(H,7,8)(H,9,10);2H,1H2,(H,4,5). The summed E-state index contributed by atoms with van der Waals surface area (Å²) < 4.78 is 0. The van der Waals surface area contributed by atoms with Gasteiger partial charge in [0.05, 0.1) is 0 Å². The maximum absolute atomic E-state index is 9.97. The zero-order valence-electron chi connectivity index (χ0n) is 7.75. The van der Waals surface area contributed by atoms with Gasteiger partial charge in [-0.15, -0.1) is 0 Å². The Balaban J connectivity index is 0.000000336. The second-order valence-electron chi connectivity index (χ2n) is 2.19. The van der Waals surface area contributed by atoms with E-state index in [-0.39, 0.29) is 0 Å². The summed E-state index contributed by atoms with van der Waals surface area (Å²) in [6.45, 7) is 2.96. The normalized spacial score (nSPS) is 9.07. The number of nitrogens with one attached hydrogen (secondary N) is 1. The second-order valence-corrected chi connectivity index (χ2v) is 2.19. The molecule has 0 aliphatic heterocycles. The summed E-state index contributed by atoms with van der Waals surface area (Å²) in [6.07, 6.45) is 6.43. The average molecular weight is 210 g/mol. The molecule has 0 saturated heterocycles. The van der Waals surface area contributed by atoms with Gasteiger partial charge in [-0.05, 0) is 6.08 Å². The molecule has 0 aliphatic carbocycles. The molecule has 0 aromatic carbocycles. The highest BCUT2D eigenvalue weighted by Gasteiger charge is 1.88. The molecule has 80 valence electrons. The van der Waals surface area contributed by atoms with Crippen LogP contribution in [0.2, 0.25) is 0 Å². The number of carboxylic acid groups (broad SMARTS) is 2. The highest BCUT2D eigenvalue weighted by atomic mass is 16.4. The Bertz CT molecular complexity index is 354. The van der Waals surface area contributed by atoms with Crippen molar-refractivity contribution in [2.45, 2.75) is 0 Å². The molecule has 6 heteroatoms. The number of aromatic nitrogens is 2. The Hall–Kier alpha value is -2.37. The Morgan fingerprint density at radius 1 is 1.40 bits per heavy atom. The fourth-order valence-corrected chi connectivity index (χ4v) is 0.519. The number of hydrogen-bond donors (Lipinski definition) is 3. The summed E-state index contributed by atoms with van der Waals surface area (Å²) in [7, 11) is 0. The van der Waals surface area contributed by atoms with Gasteiger partial charge in [0.25, 0.3) is 0 Å². The van der Waals surface area contributed by atoms with Crippen LogP contribution in [0, 0.1) is 0 Å². The predicted molar refractivity (Wildman–Crippen MR) is 53.1 cm³/mol. The van der Waals surface area contributed by atoms with Crippen molar-refractivity contribution in [2.24, 2.45) is 0 Å². The van der Waals surface area contributed by atoms with Crippen molar-refractivity contribution in [1.82, 2.24) is 9.97 Å². The van der Waals surface area contributed by atoms with E-state index < -0.39 is 11.9 Å². The molecule has 3 N–H and O–H groups in total. The third-order valence-electron chi connectivity index (χ3n) is 1.08. The number of hydrogen-bond acceptors (Lipinski definition) is 3. The lowest BCUT2D eigenvalue weighted by molar-refractivity contribution is -0.132. The molecule has 15 heavy (non-hydrogen) atoms. The molecule has 1 aromatic rings. The van der Waals surface area contributed by atoms with Crippen molar-refractivity contribution < 1.29 is 19.8 Å². The number of rotatable bonds is 3. The lowest BCUT2D eigenvalue weighted by Gasteiger charge is -1.79. The van der Waals surface area contributed by atoms with Crippen LogP contribution in [0.3, 0.4) is 0 Å². The monoisotopic (exact) mass is 210 g/mol. The van der Waals surface area contributed by atoms with Crippen molar-refractivity contribution in [1.29, 1.82) is 0 Å². The van der Waals surface area contributed by atoms with Gasteiger partial charge in [0.1, 0.15) is 5.82 Å². The number of imidazole rings is 1. The van der Waals surface area contributed by atoms with E-state index in [1.165, 1.54) is 6.08 Å². The minimum atomic E-state index is -0.981. The van der Waals surface area contributed by atoms with Gasteiger partial charge in [0.2, 0.25) is 0 Å². The minimum absolute atomic E-state index is 0.544. The molecule has 1 rings (SSSR count). The molecule has 1 heterocycles. The predicted octanol–water partition coefficient (Wildman–Crippen LogP) is 0.765. The Morgan fingerprint density at radius 3 is 2.33 bits per heavy atom. The maximum atomic E-state index is 9.97. The van der Waals surface area contributed by atoms with Crippen LogP contribution in [0.15, 0.2) is 31.1 Å². The van der Waals surface area contributed by atoms with Crippen molar-refractivity contribution >= 4 is 18.0 Å². The van der Waals surface area contributed by atoms with Crippen molar-refractivity contribution in [3.05, 3.63) is 36.9 Å². The van der Waals surface area contributed by atoms with E-state index in [2.05, 4.69) is 16.5 Å². The molecular weight excluding hydrogens is 200 g/mol. The quantitative estimate of drug-likeness (QED) is 0.639. The molecular formula is C9H10N2O4. The van der Waals surface area contributed by atoms with Gasteiger partial charge >= 0.3 is 11.9 Å². The minimum Gasteiger partial charge on any atom is -0.478 e. The summed E-state index contributed by atoms with van der Waals surface area (Å²) in [6, 6.07) is 0. The molecule has 0 fully saturated rings. The van der Waals surface area contributed by atoms with Crippen molar-refractivity contribution in [3.63, 3.8) is 0 Å². The number of H-pyrrole nitrogens is 1. The first-order valence-corrected chi connectivity index (χ1v) is 3.82. The number of aliphatic carboxylic acids is 2. The fourth-order valence-electron chi connectivity index (χ4n) is 0.519. The first kappa shape index (κ1) is 12.6. The van der Waals surface area contributed by atoms with Gasteiger partial charge in [0, 0.05) is 24.5 Å². The van der Waals surface area contributed by atoms with Gasteiger partial charge < -0.3 is 15.2 Å². The van der Waals surface area contributed by atoms with E-state index in [1.54, 1.807) is 12.4 Å². The molecule has 0 aliphatic rings.